The lowest BCUT2D eigenvalue weighted by molar-refractivity contribution is -0.139. The monoisotopic (exact) mass is 424 g/mol. The van der Waals surface area contributed by atoms with Gasteiger partial charge in [0, 0.05) is 5.92 Å². The maximum Gasteiger partial charge on any atom is 0.407 e. The summed E-state index contributed by atoms with van der Waals surface area (Å²) >= 11 is 0. The molecule has 2 N–H and O–H groups in total. The van der Waals surface area contributed by atoms with Crippen LogP contribution in [0, 0.1) is 0 Å². The summed E-state index contributed by atoms with van der Waals surface area (Å²) in [6.45, 7) is 7.30. The number of ether oxygens (including phenoxy) is 1. The Morgan fingerprint density at radius 1 is 1.00 bits per heavy atom. The number of carboxylic acids is 1. The number of carbonyl (C=O) groups excluding carboxylic acids is 1. The lowest BCUT2D eigenvalue weighted by atomic mass is 9.98. The maximum absolute atomic E-state index is 12.4. The first kappa shape index (κ1) is 22.8. The van der Waals surface area contributed by atoms with E-state index in [0.29, 0.717) is 6.42 Å². The number of nitrogens with one attached hydrogen (secondary N) is 1. The zero-order valence-electron chi connectivity index (χ0n) is 18.3. The number of amides is 1. The number of hydrogen-bond acceptors (Lipinski definition) is 4. The third-order valence-corrected chi connectivity index (χ3v) is 6.05. The largest absolute Gasteiger partial charge is 0.480 e. The molecular formula is C25H32N2O4. The number of benzene rings is 2. The van der Waals surface area contributed by atoms with Crippen molar-refractivity contribution in [2.45, 2.75) is 45.1 Å². The van der Waals surface area contributed by atoms with Crippen LogP contribution in [0.3, 0.4) is 0 Å². The lowest BCUT2D eigenvalue weighted by Gasteiger charge is -2.19. The summed E-state index contributed by atoms with van der Waals surface area (Å²) in [5, 5.41) is 12.0. The van der Waals surface area contributed by atoms with Crippen LogP contribution in [0.15, 0.2) is 48.5 Å². The highest BCUT2D eigenvalue weighted by atomic mass is 16.5. The number of carbonyl (C=O) groups is 2. The highest BCUT2D eigenvalue weighted by Gasteiger charge is 2.29. The molecule has 1 aliphatic carbocycles. The smallest absolute Gasteiger partial charge is 0.407 e. The average molecular weight is 425 g/mol. The first-order valence-corrected chi connectivity index (χ1v) is 11.1. The molecule has 0 fully saturated rings. The van der Waals surface area contributed by atoms with Gasteiger partial charge in [-0.2, -0.15) is 0 Å². The van der Waals surface area contributed by atoms with E-state index in [-0.39, 0.29) is 12.5 Å². The molecule has 0 heterocycles. The van der Waals surface area contributed by atoms with Crippen LogP contribution in [0.1, 0.15) is 50.2 Å². The summed E-state index contributed by atoms with van der Waals surface area (Å²) in [6, 6.07) is 15.3. The summed E-state index contributed by atoms with van der Waals surface area (Å²) < 4.78 is 5.48. The minimum atomic E-state index is -1.03. The van der Waals surface area contributed by atoms with Crippen molar-refractivity contribution in [3.63, 3.8) is 0 Å². The van der Waals surface area contributed by atoms with Gasteiger partial charge in [-0.05, 0) is 61.2 Å². The number of nitrogens with zero attached hydrogens (tertiary/aromatic N) is 1. The van der Waals surface area contributed by atoms with Crippen LogP contribution < -0.4 is 5.32 Å². The van der Waals surface area contributed by atoms with Crippen molar-refractivity contribution in [2.75, 3.05) is 26.2 Å². The Kier molecular flexibility index (Phi) is 8.06. The van der Waals surface area contributed by atoms with Crippen LogP contribution in [-0.2, 0) is 9.53 Å². The minimum absolute atomic E-state index is 0.0458. The van der Waals surface area contributed by atoms with E-state index >= 15 is 0 Å². The summed E-state index contributed by atoms with van der Waals surface area (Å²) in [4.78, 5) is 26.3. The molecule has 1 atom stereocenters. The summed E-state index contributed by atoms with van der Waals surface area (Å²) in [5.41, 5.74) is 4.57. The molecule has 0 spiro atoms. The molecule has 6 nitrogen and oxygen atoms in total. The van der Waals surface area contributed by atoms with E-state index in [0.717, 1.165) is 54.7 Å². The van der Waals surface area contributed by atoms with E-state index < -0.39 is 18.1 Å². The molecule has 31 heavy (non-hydrogen) atoms. The fraction of sp³-hybridized carbons (Fsp3) is 0.440. The van der Waals surface area contributed by atoms with Crippen molar-refractivity contribution >= 4 is 12.1 Å². The van der Waals surface area contributed by atoms with Crippen LogP contribution in [0.2, 0.25) is 0 Å². The summed E-state index contributed by atoms with van der Waals surface area (Å²) in [6.07, 6.45) is 1.34. The second kappa shape index (κ2) is 11.0. The topological polar surface area (TPSA) is 78.9 Å². The van der Waals surface area contributed by atoms with Crippen molar-refractivity contribution in [1.82, 2.24) is 10.2 Å². The van der Waals surface area contributed by atoms with Crippen molar-refractivity contribution in [1.29, 1.82) is 0 Å². The molecule has 0 saturated carbocycles. The van der Waals surface area contributed by atoms with Crippen LogP contribution in [0.5, 0.6) is 0 Å². The number of rotatable bonds is 11. The van der Waals surface area contributed by atoms with Gasteiger partial charge in [0.1, 0.15) is 12.6 Å². The van der Waals surface area contributed by atoms with E-state index in [2.05, 4.69) is 48.3 Å². The number of alkyl carbamates (subject to hydrolysis) is 1. The van der Waals surface area contributed by atoms with Gasteiger partial charge >= 0.3 is 12.1 Å². The summed E-state index contributed by atoms with van der Waals surface area (Å²) in [5.74, 6) is -1.08. The van der Waals surface area contributed by atoms with Gasteiger partial charge in [0.05, 0.1) is 0 Å². The second-order valence-electron chi connectivity index (χ2n) is 7.88. The lowest BCUT2D eigenvalue weighted by Crippen LogP contribution is -2.41. The highest BCUT2D eigenvalue weighted by Crippen LogP contribution is 2.44. The Labute approximate surface area is 184 Å². The Morgan fingerprint density at radius 3 is 2.13 bits per heavy atom. The molecule has 0 radical (unpaired) electrons. The molecule has 2 aromatic carbocycles. The van der Waals surface area contributed by atoms with Gasteiger partial charge < -0.3 is 20.1 Å². The number of unbranched alkanes of at least 4 members (excludes halogenated alkanes) is 1. The predicted octanol–water partition coefficient (Wildman–Crippen LogP) is 4.49. The van der Waals surface area contributed by atoms with Gasteiger partial charge in [0.2, 0.25) is 0 Å². The second-order valence-corrected chi connectivity index (χ2v) is 7.88. The number of fused-ring (bicyclic) bond motifs is 3. The van der Waals surface area contributed by atoms with Crippen LogP contribution in [-0.4, -0.2) is 54.4 Å². The van der Waals surface area contributed by atoms with E-state index in [1.807, 2.05) is 24.3 Å². The number of carboxylic acid groups (broad SMARTS) is 1. The van der Waals surface area contributed by atoms with Crippen LogP contribution in [0.4, 0.5) is 4.79 Å². The highest BCUT2D eigenvalue weighted by molar-refractivity contribution is 5.81. The standard InChI is InChI=1S/C25H32N2O4/c1-3-27(4-2)16-10-9-15-23(24(28)29)26-25(30)31-17-22-20-13-7-5-11-18(20)19-12-6-8-14-21(19)22/h5-8,11-14,22-23H,3-4,9-10,15-17H2,1-2H3,(H,26,30)(H,28,29)/t23-/m0/s1. The molecule has 3 rings (SSSR count). The van der Waals surface area contributed by atoms with Gasteiger partial charge in [-0.3, -0.25) is 0 Å². The molecule has 0 saturated heterocycles. The van der Waals surface area contributed by atoms with Gasteiger partial charge in [-0.15, -0.1) is 0 Å². The van der Waals surface area contributed by atoms with Crippen LogP contribution in [0.25, 0.3) is 11.1 Å². The number of aliphatic carboxylic acids is 1. The zero-order chi connectivity index (χ0) is 22.2. The first-order chi connectivity index (χ1) is 15.0. The molecular weight excluding hydrogens is 392 g/mol. The van der Waals surface area contributed by atoms with Crippen molar-refractivity contribution in [3.05, 3.63) is 59.7 Å². The fourth-order valence-electron chi connectivity index (χ4n) is 4.26. The Morgan fingerprint density at radius 2 is 1.58 bits per heavy atom. The van der Waals surface area contributed by atoms with E-state index in [1.54, 1.807) is 0 Å². The van der Waals surface area contributed by atoms with E-state index in [1.165, 1.54) is 0 Å². The maximum atomic E-state index is 12.4. The van der Waals surface area contributed by atoms with E-state index in [4.69, 9.17) is 4.74 Å². The SMILES string of the molecule is CCN(CC)CCCC[C@H](NC(=O)OCC1c2ccccc2-c2ccccc21)C(=O)O. The molecule has 166 valence electrons. The third-order valence-electron chi connectivity index (χ3n) is 6.05. The Bertz CT molecular complexity index is 849. The van der Waals surface area contributed by atoms with Crippen molar-refractivity contribution in [2.24, 2.45) is 0 Å². The Hall–Kier alpha value is -2.86. The average Bonchev–Trinajstić information content (AvgIpc) is 3.10. The molecule has 0 unspecified atom stereocenters. The minimum Gasteiger partial charge on any atom is -0.480 e. The molecule has 2 aromatic rings. The molecule has 0 aromatic heterocycles. The van der Waals surface area contributed by atoms with Gasteiger partial charge in [0.25, 0.3) is 0 Å². The first-order valence-electron chi connectivity index (χ1n) is 11.1. The predicted molar refractivity (Wildman–Crippen MR) is 121 cm³/mol. The summed E-state index contributed by atoms with van der Waals surface area (Å²) in [7, 11) is 0. The molecule has 6 heteroatoms. The normalized spacial score (nSPS) is 13.5. The molecule has 1 aliphatic rings. The van der Waals surface area contributed by atoms with Crippen molar-refractivity contribution in [3.8, 4) is 11.1 Å². The van der Waals surface area contributed by atoms with Gasteiger partial charge in [0.15, 0.2) is 0 Å². The zero-order valence-corrected chi connectivity index (χ0v) is 18.3. The van der Waals surface area contributed by atoms with Crippen LogP contribution >= 0.6 is 0 Å². The third kappa shape index (κ3) is 5.64. The van der Waals surface area contributed by atoms with Gasteiger partial charge in [-0.25, -0.2) is 9.59 Å². The molecule has 1 amide bonds. The molecule has 0 aliphatic heterocycles. The molecule has 0 bridgehead atoms. The van der Waals surface area contributed by atoms with Crippen molar-refractivity contribution < 1.29 is 19.4 Å². The van der Waals surface area contributed by atoms with Gasteiger partial charge in [-0.1, -0.05) is 62.4 Å². The quantitative estimate of drug-likeness (QED) is 0.520. The fourth-order valence-corrected chi connectivity index (χ4v) is 4.26. The van der Waals surface area contributed by atoms with E-state index in [9.17, 15) is 14.7 Å². The number of hydrogen-bond donors (Lipinski definition) is 2. The Balaban J connectivity index is 1.53.